The van der Waals surface area contributed by atoms with E-state index in [1.807, 2.05) is 17.0 Å². The molecule has 0 saturated carbocycles. The van der Waals surface area contributed by atoms with Crippen LogP contribution in [0, 0.1) is 5.92 Å². The number of anilines is 1. The molecule has 0 bridgehead atoms. The first-order chi connectivity index (χ1) is 19.0. The zero-order chi connectivity index (χ0) is 27.5. The Labute approximate surface area is 232 Å². The average Bonchev–Trinajstić information content (AvgIpc) is 2.98. The van der Waals surface area contributed by atoms with E-state index in [1.54, 1.807) is 24.3 Å². The first kappa shape index (κ1) is 28.3. The number of urea groups is 1. The van der Waals surface area contributed by atoms with Crippen LogP contribution in [0.4, 0.5) is 10.5 Å². The number of carbonyl (C=O) groups excluding carboxylic acids is 2. The fourth-order valence-electron chi connectivity index (χ4n) is 5.27. The molecule has 0 spiro atoms. The molecule has 0 aromatic heterocycles. The molecule has 7 heteroatoms. The summed E-state index contributed by atoms with van der Waals surface area (Å²) in [5, 5.41) is 6.43. The summed E-state index contributed by atoms with van der Waals surface area (Å²) in [6.07, 6.45) is 0.796. The molecule has 1 fully saturated rings. The van der Waals surface area contributed by atoms with Gasteiger partial charge in [-0.1, -0.05) is 73.7 Å². The van der Waals surface area contributed by atoms with Crippen LogP contribution in [0.2, 0.25) is 0 Å². The zero-order valence-corrected chi connectivity index (χ0v) is 23.0. The van der Waals surface area contributed by atoms with Crippen molar-refractivity contribution in [3.63, 3.8) is 0 Å². The lowest BCUT2D eigenvalue weighted by Crippen LogP contribution is -2.47. The molecular formula is C32H40N4O3. The molecule has 7 nitrogen and oxygen atoms in total. The van der Waals surface area contributed by atoms with Gasteiger partial charge in [0.25, 0.3) is 0 Å². The predicted molar refractivity (Wildman–Crippen MR) is 156 cm³/mol. The number of rotatable bonds is 11. The SMILES string of the molecule is COC(=O)c1cccc(NC(=O)N(CCC(c2ccccc2)c2ccccc2)CC(C)CN2CCNCC2)c1. The predicted octanol–water partition coefficient (Wildman–Crippen LogP) is 5.07. The molecule has 1 heterocycles. The minimum Gasteiger partial charge on any atom is -0.465 e. The van der Waals surface area contributed by atoms with Gasteiger partial charge in [-0.05, 0) is 41.7 Å². The van der Waals surface area contributed by atoms with Gasteiger partial charge >= 0.3 is 12.0 Å². The minimum atomic E-state index is -0.429. The molecule has 0 radical (unpaired) electrons. The highest BCUT2D eigenvalue weighted by Gasteiger charge is 2.22. The van der Waals surface area contributed by atoms with Crippen LogP contribution < -0.4 is 10.6 Å². The number of benzene rings is 3. The van der Waals surface area contributed by atoms with E-state index in [0.717, 1.165) is 39.1 Å². The highest BCUT2D eigenvalue weighted by molar-refractivity contribution is 5.93. The molecule has 3 aromatic carbocycles. The Morgan fingerprint density at radius 2 is 1.59 bits per heavy atom. The Bertz CT molecular complexity index is 1140. The van der Waals surface area contributed by atoms with E-state index in [9.17, 15) is 9.59 Å². The third kappa shape index (κ3) is 8.40. The van der Waals surface area contributed by atoms with Crippen molar-refractivity contribution < 1.29 is 14.3 Å². The van der Waals surface area contributed by atoms with Crippen LogP contribution >= 0.6 is 0 Å². The van der Waals surface area contributed by atoms with E-state index in [-0.39, 0.29) is 11.9 Å². The lowest BCUT2D eigenvalue weighted by Gasteiger charge is -2.33. The van der Waals surface area contributed by atoms with Gasteiger partial charge in [-0.2, -0.15) is 0 Å². The Morgan fingerprint density at radius 1 is 0.949 bits per heavy atom. The second-order valence-corrected chi connectivity index (χ2v) is 10.3. The number of ether oxygens (including phenoxy) is 1. The van der Waals surface area contributed by atoms with Gasteiger partial charge in [-0.3, -0.25) is 0 Å². The highest BCUT2D eigenvalue weighted by atomic mass is 16.5. The van der Waals surface area contributed by atoms with Crippen molar-refractivity contribution >= 4 is 17.7 Å². The van der Waals surface area contributed by atoms with Gasteiger partial charge in [0, 0.05) is 57.4 Å². The molecule has 1 saturated heterocycles. The highest BCUT2D eigenvalue weighted by Crippen LogP contribution is 2.28. The topological polar surface area (TPSA) is 73.9 Å². The van der Waals surface area contributed by atoms with E-state index in [1.165, 1.54) is 18.2 Å². The first-order valence-electron chi connectivity index (χ1n) is 13.8. The van der Waals surface area contributed by atoms with Crippen molar-refractivity contribution in [1.82, 2.24) is 15.1 Å². The van der Waals surface area contributed by atoms with Crippen molar-refractivity contribution in [2.24, 2.45) is 5.92 Å². The van der Waals surface area contributed by atoms with Crippen LogP contribution in [-0.2, 0) is 4.74 Å². The number of nitrogens with zero attached hydrogens (tertiary/aromatic N) is 2. The van der Waals surface area contributed by atoms with E-state index in [4.69, 9.17) is 4.74 Å². The fourth-order valence-corrected chi connectivity index (χ4v) is 5.27. The molecule has 39 heavy (non-hydrogen) atoms. The maximum atomic E-state index is 13.7. The summed E-state index contributed by atoms with van der Waals surface area (Å²) in [4.78, 5) is 30.1. The van der Waals surface area contributed by atoms with E-state index in [2.05, 4.69) is 71.0 Å². The van der Waals surface area contributed by atoms with Gasteiger partial charge in [0.2, 0.25) is 0 Å². The molecule has 1 atom stereocenters. The zero-order valence-electron chi connectivity index (χ0n) is 23.0. The lowest BCUT2D eigenvalue weighted by molar-refractivity contribution is 0.0600. The van der Waals surface area contributed by atoms with E-state index < -0.39 is 5.97 Å². The summed E-state index contributed by atoms with van der Waals surface area (Å²) in [5.41, 5.74) is 3.46. The smallest absolute Gasteiger partial charge is 0.337 e. The quantitative estimate of drug-likeness (QED) is 0.340. The molecule has 4 rings (SSSR count). The maximum absolute atomic E-state index is 13.7. The molecular weight excluding hydrogens is 488 g/mol. The van der Waals surface area contributed by atoms with Gasteiger partial charge in [0.15, 0.2) is 0 Å². The van der Waals surface area contributed by atoms with Crippen molar-refractivity contribution in [3.8, 4) is 0 Å². The number of esters is 1. The number of piperazine rings is 1. The summed E-state index contributed by atoms with van der Waals surface area (Å²) < 4.78 is 4.85. The van der Waals surface area contributed by atoms with Crippen LogP contribution in [0.15, 0.2) is 84.9 Å². The van der Waals surface area contributed by atoms with Gasteiger partial charge in [-0.15, -0.1) is 0 Å². The molecule has 1 aliphatic heterocycles. The van der Waals surface area contributed by atoms with E-state index in [0.29, 0.717) is 30.3 Å². The Morgan fingerprint density at radius 3 is 2.21 bits per heavy atom. The number of carbonyl (C=O) groups is 2. The largest absolute Gasteiger partial charge is 0.465 e. The molecule has 2 N–H and O–H groups in total. The van der Waals surface area contributed by atoms with Crippen molar-refractivity contribution in [3.05, 3.63) is 102 Å². The molecule has 3 aromatic rings. The molecule has 1 unspecified atom stereocenters. The summed E-state index contributed by atoms with van der Waals surface area (Å²) in [7, 11) is 1.35. The minimum absolute atomic E-state index is 0.163. The molecule has 0 aliphatic carbocycles. The molecule has 2 amide bonds. The second-order valence-electron chi connectivity index (χ2n) is 10.3. The van der Waals surface area contributed by atoms with Crippen LogP contribution in [-0.4, -0.2) is 74.7 Å². The lowest BCUT2D eigenvalue weighted by atomic mass is 9.88. The standard InChI is InChI=1S/C32H40N4O3/c1-25(23-35-20-17-33-18-21-35)24-36(32(38)34-29-15-9-14-28(22-29)31(37)39-2)19-16-30(26-10-5-3-6-11-26)27-12-7-4-8-13-27/h3-15,22,25,30,33H,16-21,23-24H2,1-2H3,(H,34,38). The Kier molecular flexibility index (Phi) is 10.5. The fraction of sp³-hybridized carbons (Fsp3) is 0.375. The van der Waals surface area contributed by atoms with Crippen LogP contribution in [0.3, 0.4) is 0 Å². The second kappa shape index (κ2) is 14.5. The summed E-state index contributed by atoms with van der Waals surface area (Å²) >= 11 is 0. The normalized spacial score (nSPS) is 14.5. The Balaban J connectivity index is 1.51. The van der Waals surface area contributed by atoms with Gasteiger partial charge < -0.3 is 25.2 Å². The van der Waals surface area contributed by atoms with Gasteiger partial charge in [0.05, 0.1) is 12.7 Å². The number of methoxy groups -OCH3 is 1. The average molecular weight is 529 g/mol. The summed E-state index contributed by atoms with van der Waals surface area (Å²) in [6.45, 7) is 8.47. The van der Waals surface area contributed by atoms with Crippen LogP contribution in [0.1, 0.15) is 40.7 Å². The summed E-state index contributed by atoms with van der Waals surface area (Å²) in [6, 6.07) is 27.7. The molecule has 206 valence electrons. The molecule has 1 aliphatic rings. The van der Waals surface area contributed by atoms with Crippen LogP contribution in [0.25, 0.3) is 0 Å². The third-order valence-corrected chi connectivity index (χ3v) is 7.23. The van der Waals surface area contributed by atoms with Crippen LogP contribution in [0.5, 0.6) is 0 Å². The summed E-state index contributed by atoms with van der Waals surface area (Å²) in [5.74, 6) is 0.0529. The van der Waals surface area contributed by atoms with Crippen molar-refractivity contribution in [1.29, 1.82) is 0 Å². The van der Waals surface area contributed by atoms with Crippen molar-refractivity contribution in [2.45, 2.75) is 19.3 Å². The maximum Gasteiger partial charge on any atom is 0.337 e. The number of amides is 2. The number of hydrogen-bond donors (Lipinski definition) is 2. The number of nitrogens with one attached hydrogen (secondary N) is 2. The van der Waals surface area contributed by atoms with Crippen molar-refractivity contribution in [2.75, 3.05) is 58.2 Å². The third-order valence-electron chi connectivity index (χ3n) is 7.23. The van der Waals surface area contributed by atoms with Gasteiger partial charge in [-0.25, -0.2) is 9.59 Å². The first-order valence-corrected chi connectivity index (χ1v) is 13.8. The Hall–Kier alpha value is -3.68. The monoisotopic (exact) mass is 528 g/mol. The number of hydrogen-bond acceptors (Lipinski definition) is 5. The van der Waals surface area contributed by atoms with Gasteiger partial charge in [0.1, 0.15) is 0 Å². The van der Waals surface area contributed by atoms with E-state index >= 15 is 0 Å².